The summed E-state index contributed by atoms with van der Waals surface area (Å²) in [5.74, 6) is -0.383. The number of nitrogens with zero attached hydrogens (tertiary/aromatic N) is 2. The van der Waals surface area contributed by atoms with Crippen LogP contribution in [0.15, 0.2) is 53.3 Å². The number of anilines is 2. The molecule has 0 aliphatic carbocycles. The molecule has 0 aliphatic heterocycles. The number of rotatable bonds is 3. The summed E-state index contributed by atoms with van der Waals surface area (Å²) in [6, 6.07) is 10.9. The van der Waals surface area contributed by atoms with Gasteiger partial charge in [0.1, 0.15) is 11.3 Å². The number of nitrogens with one attached hydrogen (secondary N) is 1. The Hall–Kier alpha value is -3.15. The molecular weight excluding hydrogens is 280 g/mol. The lowest BCUT2D eigenvalue weighted by molar-refractivity contribution is 0.102. The maximum Gasteiger partial charge on any atom is 0.263 e. The van der Waals surface area contributed by atoms with Crippen LogP contribution < -0.4 is 11.1 Å². The van der Waals surface area contributed by atoms with Crippen LogP contribution in [0.4, 0.5) is 11.6 Å². The molecular formula is C16H14N4O2. The van der Waals surface area contributed by atoms with Crippen molar-refractivity contribution in [1.29, 1.82) is 0 Å². The fourth-order valence-electron chi connectivity index (χ4n) is 2.06. The fraction of sp³-hybridized carbons (Fsp3) is 0.0625. The summed E-state index contributed by atoms with van der Waals surface area (Å²) < 4.78 is 4.97. The van der Waals surface area contributed by atoms with Crippen LogP contribution in [0.5, 0.6) is 0 Å². The van der Waals surface area contributed by atoms with Gasteiger partial charge in [-0.3, -0.25) is 9.78 Å². The van der Waals surface area contributed by atoms with Crippen LogP contribution in [0.25, 0.3) is 11.3 Å². The van der Waals surface area contributed by atoms with Crippen molar-refractivity contribution in [3.8, 4) is 11.3 Å². The fourth-order valence-corrected chi connectivity index (χ4v) is 2.06. The summed E-state index contributed by atoms with van der Waals surface area (Å²) in [7, 11) is 0. The number of hydrogen-bond acceptors (Lipinski definition) is 5. The highest BCUT2D eigenvalue weighted by Gasteiger charge is 2.22. The van der Waals surface area contributed by atoms with Gasteiger partial charge in [0, 0.05) is 23.6 Å². The minimum absolute atomic E-state index is 0.0172. The van der Waals surface area contributed by atoms with E-state index in [1.807, 2.05) is 31.2 Å². The summed E-state index contributed by atoms with van der Waals surface area (Å²) in [5.41, 5.74) is 8.86. The van der Waals surface area contributed by atoms with Gasteiger partial charge in [-0.15, -0.1) is 0 Å². The van der Waals surface area contributed by atoms with E-state index >= 15 is 0 Å². The number of amides is 1. The van der Waals surface area contributed by atoms with Crippen LogP contribution in [0.2, 0.25) is 0 Å². The van der Waals surface area contributed by atoms with Crippen molar-refractivity contribution in [3.63, 3.8) is 0 Å². The number of nitrogens with two attached hydrogens (primary N) is 1. The van der Waals surface area contributed by atoms with E-state index in [1.54, 1.807) is 24.5 Å². The minimum atomic E-state index is -0.366. The third kappa shape index (κ3) is 2.67. The van der Waals surface area contributed by atoms with Crippen LogP contribution in [-0.4, -0.2) is 16.0 Å². The molecule has 0 saturated heterocycles. The predicted molar refractivity (Wildman–Crippen MR) is 83.3 cm³/mol. The highest BCUT2D eigenvalue weighted by atomic mass is 16.5. The van der Waals surface area contributed by atoms with Gasteiger partial charge in [0.25, 0.3) is 5.91 Å². The van der Waals surface area contributed by atoms with E-state index in [2.05, 4.69) is 15.5 Å². The second-order valence-corrected chi connectivity index (χ2v) is 4.83. The average molecular weight is 294 g/mol. The van der Waals surface area contributed by atoms with E-state index in [4.69, 9.17) is 10.3 Å². The highest BCUT2D eigenvalue weighted by molar-refractivity contribution is 6.10. The van der Waals surface area contributed by atoms with Crippen LogP contribution >= 0.6 is 0 Å². The Balaban J connectivity index is 1.93. The lowest BCUT2D eigenvalue weighted by Gasteiger charge is -2.06. The van der Waals surface area contributed by atoms with E-state index in [0.29, 0.717) is 16.9 Å². The maximum atomic E-state index is 12.5. The van der Waals surface area contributed by atoms with E-state index < -0.39 is 0 Å². The monoisotopic (exact) mass is 294 g/mol. The van der Waals surface area contributed by atoms with Crippen LogP contribution in [-0.2, 0) is 0 Å². The molecule has 0 atom stereocenters. The smallest absolute Gasteiger partial charge is 0.263 e. The first kappa shape index (κ1) is 13.8. The Morgan fingerprint density at radius 1 is 1.14 bits per heavy atom. The normalized spacial score (nSPS) is 10.4. The molecule has 0 unspecified atom stereocenters. The molecule has 6 heteroatoms. The molecule has 3 N–H and O–H groups in total. The molecule has 22 heavy (non-hydrogen) atoms. The van der Waals surface area contributed by atoms with Crippen molar-refractivity contribution in [2.45, 2.75) is 6.92 Å². The Labute approximate surface area is 127 Å². The minimum Gasteiger partial charge on any atom is -0.367 e. The molecule has 0 bridgehead atoms. The number of pyridine rings is 1. The van der Waals surface area contributed by atoms with Gasteiger partial charge >= 0.3 is 0 Å². The predicted octanol–water partition coefficient (Wildman–Crippen LogP) is 2.88. The Morgan fingerprint density at radius 2 is 1.82 bits per heavy atom. The molecule has 2 aromatic heterocycles. The van der Waals surface area contributed by atoms with Gasteiger partial charge in [0.05, 0.1) is 0 Å². The van der Waals surface area contributed by atoms with Gasteiger partial charge in [-0.05, 0) is 31.2 Å². The van der Waals surface area contributed by atoms with Crippen molar-refractivity contribution in [2.24, 2.45) is 0 Å². The standard InChI is InChI=1S/C16H14N4O2/c1-10-2-4-12(5-3-10)19-16(21)13-14(20-22-15(13)17)11-6-8-18-9-7-11/h2-9H,17H2,1H3,(H,19,21). The van der Waals surface area contributed by atoms with Crippen LogP contribution in [0.1, 0.15) is 15.9 Å². The number of benzene rings is 1. The van der Waals surface area contributed by atoms with E-state index in [-0.39, 0.29) is 17.4 Å². The van der Waals surface area contributed by atoms with Crippen LogP contribution in [0.3, 0.4) is 0 Å². The number of carbonyl (C=O) groups excluding carboxylic acids is 1. The van der Waals surface area contributed by atoms with Gasteiger partial charge < -0.3 is 15.6 Å². The number of nitrogen functional groups attached to an aromatic ring is 1. The van der Waals surface area contributed by atoms with Crippen molar-refractivity contribution < 1.29 is 9.32 Å². The largest absolute Gasteiger partial charge is 0.367 e. The lowest BCUT2D eigenvalue weighted by atomic mass is 10.1. The zero-order chi connectivity index (χ0) is 15.5. The SMILES string of the molecule is Cc1ccc(NC(=O)c2c(-c3ccncc3)noc2N)cc1. The van der Waals surface area contributed by atoms with Gasteiger partial charge in [0.2, 0.25) is 5.88 Å². The summed E-state index contributed by atoms with van der Waals surface area (Å²) >= 11 is 0. The maximum absolute atomic E-state index is 12.5. The first-order valence-corrected chi connectivity index (χ1v) is 6.68. The van der Waals surface area contributed by atoms with Gasteiger partial charge in [-0.1, -0.05) is 22.9 Å². The average Bonchev–Trinajstić information content (AvgIpc) is 2.92. The zero-order valence-corrected chi connectivity index (χ0v) is 11.9. The summed E-state index contributed by atoms with van der Waals surface area (Å²) in [6.07, 6.45) is 3.23. The molecule has 3 aromatic rings. The second kappa shape index (κ2) is 5.69. The van der Waals surface area contributed by atoms with E-state index in [1.165, 1.54) is 0 Å². The third-order valence-corrected chi connectivity index (χ3v) is 3.21. The van der Waals surface area contributed by atoms with Gasteiger partial charge in [-0.25, -0.2) is 0 Å². The lowest BCUT2D eigenvalue weighted by Crippen LogP contribution is -2.14. The van der Waals surface area contributed by atoms with E-state index in [9.17, 15) is 4.79 Å². The Kier molecular flexibility index (Phi) is 3.57. The first-order chi connectivity index (χ1) is 10.6. The topological polar surface area (TPSA) is 94.0 Å². The van der Waals surface area contributed by atoms with Crippen molar-refractivity contribution in [1.82, 2.24) is 10.1 Å². The molecule has 3 rings (SSSR count). The molecule has 0 fully saturated rings. The molecule has 2 heterocycles. The molecule has 1 aromatic carbocycles. The van der Waals surface area contributed by atoms with Crippen molar-refractivity contribution >= 4 is 17.5 Å². The molecule has 110 valence electrons. The quantitative estimate of drug-likeness (QED) is 0.774. The van der Waals surface area contributed by atoms with Crippen molar-refractivity contribution in [3.05, 3.63) is 59.9 Å². The molecule has 0 radical (unpaired) electrons. The Bertz CT molecular complexity index is 795. The van der Waals surface area contributed by atoms with Gasteiger partial charge in [0.15, 0.2) is 0 Å². The third-order valence-electron chi connectivity index (χ3n) is 3.21. The summed E-state index contributed by atoms with van der Waals surface area (Å²) in [5, 5.41) is 6.66. The van der Waals surface area contributed by atoms with E-state index in [0.717, 1.165) is 5.56 Å². The number of carbonyl (C=O) groups is 1. The number of aryl methyl sites for hydroxylation is 1. The Morgan fingerprint density at radius 3 is 2.50 bits per heavy atom. The second-order valence-electron chi connectivity index (χ2n) is 4.83. The molecule has 0 spiro atoms. The molecule has 0 saturated carbocycles. The number of aromatic nitrogens is 2. The molecule has 1 amide bonds. The zero-order valence-electron chi connectivity index (χ0n) is 11.9. The molecule has 0 aliphatic rings. The first-order valence-electron chi connectivity index (χ1n) is 6.68. The highest BCUT2D eigenvalue weighted by Crippen LogP contribution is 2.27. The van der Waals surface area contributed by atoms with Gasteiger partial charge in [-0.2, -0.15) is 0 Å². The molecule has 6 nitrogen and oxygen atoms in total. The summed E-state index contributed by atoms with van der Waals surface area (Å²) in [4.78, 5) is 16.4. The number of hydrogen-bond donors (Lipinski definition) is 2. The summed E-state index contributed by atoms with van der Waals surface area (Å²) in [6.45, 7) is 1.98. The van der Waals surface area contributed by atoms with Crippen LogP contribution in [0, 0.1) is 6.92 Å². The van der Waals surface area contributed by atoms with Crippen molar-refractivity contribution in [2.75, 3.05) is 11.1 Å².